The summed E-state index contributed by atoms with van der Waals surface area (Å²) in [7, 11) is 0. The topological polar surface area (TPSA) is 61.3 Å². The second-order valence-corrected chi connectivity index (χ2v) is 8.06. The maximum absolute atomic E-state index is 6.20. The molecule has 3 nitrogen and oxygen atoms in total. The summed E-state index contributed by atoms with van der Waals surface area (Å²) in [5, 5.41) is 0. The molecule has 0 radical (unpaired) electrons. The van der Waals surface area contributed by atoms with Crippen LogP contribution in [0.4, 0.5) is 0 Å². The van der Waals surface area contributed by atoms with E-state index in [9.17, 15) is 0 Å². The van der Waals surface area contributed by atoms with Crippen LogP contribution >= 0.6 is 0 Å². The average molecular weight is 306 g/mol. The van der Waals surface area contributed by atoms with Gasteiger partial charge in [0, 0.05) is 18.2 Å². The predicted octanol–water partition coefficient (Wildman–Crippen LogP) is 4.15. The van der Waals surface area contributed by atoms with Gasteiger partial charge in [-0.3, -0.25) is 0 Å². The summed E-state index contributed by atoms with van der Waals surface area (Å²) in [5.41, 5.74) is 14.7. The molecule has 0 saturated heterocycles. The Balaban J connectivity index is 3.17. The smallest absolute Gasteiger partial charge is 0.124 e. The highest BCUT2D eigenvalue weighted by Gasteiger charge is 2.28. The van der Waals surface area contributed by atoms with Gasteiger partial charge in [0.2, 0.25) is 0 Å². The molecule has 0 bridgehead atoms. The van der Waals surface area contributed by atoms with Crippen molar-refractivity contribution in [3.63, 3.8) is 0 Å². The van der Waals surface area contributed by atoms with Crippen LogP contribution in [-0.4, -0.2) is 13.2 Å². The zero-order valence-corrected chi connectivity index (χ0v) is 15.2. The number of hydrogen-bond donors (Lipinski definition) is 2. The lowest BCUT2D eigenvalue weighted by Gasteiger charge is -2.33. The summed E-state index contributed by atoms with van der Waals surface area (Å²) in [6, 6.07) is 6.23. The van der Waals surface area contributed by atoms with Crippen molar-refractivity contribution in [1.82, 2.24) is 0 Å². The van der Waals surface area contributed by atoms with Gasteiger partial charge in [-0.2, -0.15) is 0 Å². The molecule has 1 unspecified atom stereocenters. The van der Waals surface area contributed by atoms with Gasteiger partial charge in [0.1, 0.15) is 5.75 Å². The first-order valence-corrected chi connectivity index (χ1v) is 8.33. The summed E-state index contributed by atoms with van der Waals surface area (Å²) in [6.45, 7) is 14.6. The fourth-order valence-electron chi connectivity index (χ4n) is 3.16. The van der Waals surface area contributed by atoms with Gasteiger partial charge in [-0.05, 0) is 41.4 Å². The summed E-state index contributed by atoms with van der Waals surface area (Å²) in [6.07, 6.45) is 2.08. The van der Waals surface area contributed by atoms with Crippen molar-refractivity contribution in [2.75, 3.05) is 13.2 Å². The molecular formula is C19H34N2O. The van der Waals surface area contributed by atoms with E-state index in [0.29, 0.717) is 13.2 Å². The van der Waals surface area contributed by atoms with E-state index in [1.54, 1.807) is 0 Å². The van der Waals surface area contributed by atoms with E-state index in [1.165, 1.54) is 5.56 Å². The Kier molecular flexibility index (Phi) is 6.45. The molecule has 4 N–H and O–H groups in total. The molecule has 3 heteroatoms. The zero-order valence-electron chi connectivity index (χ0n) is 15.2. The second-order valence-electron chi connectivity index (χ2n) is 8.06. The van der Waals surface area contributed by atoms with Crippen LogP contribution in [0, 0.1) is 5.41 Å². The number of nitrogens with two attached hydrogens (primary N) is 2. The Morgan fingerprint density at radius 1 is 1.14 bits per heavy atom. The molecule has 0 aromatic heterocycles. The van der Waals surface area contributed by atoms with Crippen LogP contribution in [0.2, 0.25) is 0 Å². The van der Waals surface area contributed by atoms with Crippen molar-refractivity contribution < 1.29 is 4.74 Å². The highest BCUT2D eigenvalue weighted by atomic mass is 16.5. The van der Waals surface area contributed by atoms with Crippen molar-refractivity contribution in [2.45, 2.75) is 65.8 Å². The van der Waals surface area contributed by atoms with Crippen molar-refractivity contribution in [3.8, 4) is 5.75 Å². The minimum Gasteiger partial charge on any atom is -0.493 e. The molecule has 0 spiro atoms. The number of ether oxygens (including phenoxy) is 1. The van der Waals surface area contributed by atoms with E-state index in [1.807, 2.05) is 0 Å². The Bertz CT molecular complexity index is 475. The minimum absolute atomic E-state index is 0.0879. The summed E-state index contributed by atoms with van der Waals surface area (Å²) >= 11 is 0. The lowest BCUT2D eigenvalue weighted by Crippen LogP contribution is -2.26. The fraction of sp³-hybridized carbons (Fsp3) is 0.684. The van der Waals surface area contributed by atoms with Gasteiger partial charge in [0.15, 0.2) is 0 Å². The third-order valence-electron chi connectivity index (χ3n) is 3.88. The van der Waals surface area contributed by atoms with Crippen LogP contribution in [0.3, 0.4) is 0 Å². The van der Waals surface area contributed by atoms with Gasteiger partial charge in [-0.15, -0.1) is 0 Å². The van der Waals surface area contributed by atoms with E-state index in [2.05, 4.69) is 59.7 Å². The van der Waals surface area contributed by atoms with Crippen LogP contribution in [-0.2, 0) is 5.41 Å². The first kappa shape index (κ1) is 19.0. The predicted molar refractivity (Wildman–Crippen MR) is 95.3 cm³/mol. The third kappa shape index (κ3) is 5.29. The normalized spacial score (nSPS) is 14.0. The lowest BCUT2D eigenvalue weighted by atomic mass is 9.72. The maximum atomic E-state index is 6.20. The van der Waals surface area contributed by atoms with Crippen LogP contribution in [0.25, 0.3) is 0 Å². The number of benzene rings is 1. The van der Waals surface area contributed by atoms with Crippen molar-refractivity contribution in [3.05, 3.63) is 29.3 Å². The highest BCUT2D eigenvalue weighted by molar-refractivity contribution is 5.42. The fourth-order valence-corrected chi connectivity index (χ4v) is 3.16. The Morgan fingerprint density at radius 3 is 2.27 bits per heavy atom. The number of rotatable bonds is 7. The van der Waals surface area contributed by atoms with Crippen molar-refractivity contribution >= 4 is 0 Å². The van der Waals surface area contributed by atoms with Gasteiger partial charge < -0.3 is 16.2 Å². The molecule has 1 aromatic carbocycles. The monoisotopic (exact) mass is 306 g/mol. The molecular weight excluding hydrogens is 272 g/mol. The summed E-state index contributed by atoms with van der Waals surface area (Å²) in [5.74, 6) is 0.870. The van der Waals surface area contributed by atoms with Gasteiger partial charge in [0.25, 0.3) is 0 Å². The van der Waals surface area contributed by atoms with Crippen molar-refractivity contribution in [2.24, 2.45) is 16.9 Å². The minimum atomic E-state index is -0.183. The molecule has 126 valence electrons. The van der Waals surface area contributed by atoms with Gasteiger partial charge in [-0.25, -0.2) is 0 Å². The highest BCUT2D eigenvalue weighted by Crippen LogP contribution is 2.38. The van der Waals surface area contributed by atoms with E-state index in [-0.39, 0.29) is 16.9 Å². The Labute approximate surface area is 136 Å². The van der Waals surface area contributed by atoms with Crippen LogP contribution in [0.15, 0.2) is 18.2 Å². The van der Waals surface area contributed by atoms with Gasteiger partial charge in [-0.1, -0.05) is 47.6 Å². The Morgan fingerprint density at radius 2 is 1.77 bits per heavy atom. The molecule has 0 heterocycles. The molecule has 0 aliphatic heterocycles. The molecule has 0 aliphatic carbocycles. The SMILES string of the molecule is CCCOc1ccc(C(C)(C)CC(C)(C)C)cc1C(N)CN. The van der Waals surface area contributed by atoms with E-state index in [4.69, 9.17) is 16.2 Å². The van der Waals surface area contributed by atoms with Gasteiger partial charge in [0.05, 0.1) is 6.61 Å². The first-order chi connectivity index (χ1) is 10.1. The van der Waals surface area contributed by atoms with Crippen LogP contribution in [0.5, 0.6) is 5.75 Å². The molecule has 0 saturated carbocycles. The standard InChI is InChI=1S/C19H34N2O/c1-7-10-22-17-9-8-14(11-15(17)16(21)12-20)19(5,6)13-18(2,3)4/h8-9,11,16H,7,10,12-13,20-21H2,1-6H3. The molecule has 0 amide bonds. The van der Waals surface area contributed by atoms with Crippen molar-refractivity contribution in [1.29, 1.82) is 0 Å². The summed E-state index contributed by atoms with van der Waals surface area (Å²) < 4.78 is 5.84. The molecule has 1 aromatic rings. The quantitative estimate of drug-likeness (QED) is 0.795. The largest absolute Gasteiger partial charge is 0.493 e. The van der Waals surface area contributed by atoms with Crippen LogP contribution < -0.4 is 16.2 Å². The zero-order chi connectivity index (χ0) is 17.0. The molecule has 0 aliphatic rings. The molecule has 0 fully saturated rings. The average Bonchev–Trinajstić information content (AvgIpc) is 2.41. The molecule has 22 heavy (non-hydrogen) atoms. The maximum Gasteiger partial charge on any atom is 0.124 e. The van der Waals surface area contributed by atoms with E-state index in [0.717, 1.165) is 24.2 Å². The van der Waals surface area contributed by atoms with E-state index < -0.39 is 0 Å². The van der Waals surface area contributed by atoms with Gasteiger partial charge >= 0.3 is 0 Å². The summed E-state index contributed by atoms with van der Waals surface area (Å²) in [4.78, 5) is 0. The Hall–Kier alpha value is -1.06. The second kappa shape index (κ2) is 7.47. The first-order valence-electron chi connectivity index (χ1n) is 8.33. The van der Waals surface area contributed by atoms with Crippen LogP contribution in [0.1, 0.15) is 71.6 Å². The molecule has 1 rings (SSSR count). The van der Waals surface area contributed by atoms with E-state index >= 15 is 0 Å². The third-order valence-corrected chi connectivity index (χ3v) is 3.88. The lowest BCUT2D eigenvalue weighted by molar-refractivity contribution is 0.283. The number of hydrogen-bond acceptors (Lipinski definition) is 3. The molecule has 1 atom stereocenters.